The Morgan fingerprint density at radius 2 is 1.89 bits per heavy atom. The highest BCUT2D eigenvalue weighted by Gasteiger charge is 2.02. The van der Waals surface area contributed by atoms with Gasteiger partial charge in [0.15, 0.2) is 0 Å². The highest BCUT2D eigenvalue weighted by Crippen LogP contribution is 2.16. The summed E-state index contributed by atoms with van der Waals surface area (Å²) in [4.78, 5) is 1.86. The van der Waals surface area contributed by atoms with Crippen LogP contribution in [0.5, 0.6) is 5.75 Å². The monoisotopic (exact) mass is 271 g/mol. The minimum Gasteiger partial charge on any atom is -0.487 e. The van der Waals surface area contributed by atoms with Gasteiger partial charge in [0.2, 0.25) is 0 Å². The Kier molecular flexibility index (Phi) is 9.15. The Hall–Kier alpha value is -1.19. The Morgan fingerprint density at radius 1 is 1.33 bits per heavy atom. The van der Waals surface area contributed by atoms with Crippen molar-refractivity contribution in [2.75, 3.05) is 26.8 Å². The Balaban J connectivity index is 0.00000137. The number of aliphatic hydroxyl groups excluding tert-OH is 1. The van der Waals surface area contributed by atoms with Crippen molar-refractivity contribution in [3.8, 4) is 5.75 Å². The number of hydrogen-bond donors (Lipinski definition) is 1. The molecule has 0 atom stereocenters. The van der Waals surface area contributed by atoms with Crippen LogP contribution in [0.25, 0.3) is 0 Å². The first-order valence-electron chi connectivity index (χ1n) is 6.01. The zero-order valence-electron chi connectivity index (χ0n) is 11.3. The lowest BCUT2D eigenvalue weighted by molar-refractivity contribution is 0.227. The SMILES string of the molecule is C=C(COc1ccc(Cl)cc1)N(C)CCO.CC. The number of rotatable bonds is 6. The van der Waals surface area contributed by atoms with E-state index in [2.05, 4.69) is 6.58 Å². The van der Waals surface area contributed by atoms with Gasteiger partial charge in [-0.05, 0) is 24.3 Å². The normalized spacial score (nSPS) is 9.17. The van der Waals surface area contributed by atoms with Gasteiger partial charge in [-0.3, -0.25) is 0 Å². The molecule has 0 heterocycles. The molecule has 0 aliphatic carbocycles. The smallest absolute Gasteiger partial charge is 0.127 e. The second kappa shape index (κ2) is 9.80. The van der Waals surface area contributed by atoms with Crippen molar-refractivity contribution in [1.29, 1.82) is 0 Å². The van der Waals surface area contributed by atoms with E-state index < -0.39 is 0 Å². The molecule has 0 spiro atoms. The molecular weight excluding hydrogens is 250 g/mol. The Morgan fingerprint density at radius 3 is 2.39 bits per heavy atom. The highest BCUT2D eigenvalue weighted by atomic mass is 35.5. The summed E-state index contributed by atoms with van der Waals surface area (Å²) < 4.78 is 5.51. The van der Waals surface area contributed by atoms with E-state index in [9.17, 15) is 0 Å². The Bertz CT molecular complexity index is 338. The molecule has 1 aromatic carbocycles. The molecule has 1 N–H and O–H groups in total. The fourth-order valence-corrected chi connectivity index (χ4v) is 1.24. The van der Waals surface area contributed by atoms with Crippen LogP contribution in [-0.2, 0) is 0 Å². The summed E-state index contributed by atoms with van der Waals surface area (Å²) in [5.74, 6) is 0.753. The van der Waals surface area contributed by atoms with Crippen LogP contribution < -0.4 is 4.74 Å². The van der Waals surface area contributed by atoms with Crippen molar-refractivity contribution in [1.82, 2.24) is 4.90 Å². The summed E-state index contributed by atoms with van der Waals surface area (Å²) >= 11 is 5.76. The van der Waals surface area contributed by atoms with Gasteiger partial charge in [0.1, 0.15) is 12.4 Å². The van der Waals surface area contributed by atoms with Crippen LogP contribution in [0.1, 0.15) is 13.8 Å². The first-order chi connectivity index (χ1) is 8.63. The van der Waals surface area contributed by atoms with Crippen molar-refractivity contribution in [2.45, 2.75) is 13.8 Å². The molecule has 102 valence electrons. The van der Waals surface area contributed by atoms with Gasteiger partial charge >= 0.3 is 0 Å². The van der Waals surface area contributed by atoms with Gasteiger partial charge in [-0.25, -0.2) is 0 Å². The predicted molar refractivity (Wildman–Crippen MR) is 77.2 cm³/mol. The lowest BCUT2D eigenvalue weighted by Crippen LogP contribution is -2.24. The summed E-state index contributed by atoms with van der Waals surface area (Å²) in [6, 6.07) is 7.16. The molecule has 0 aliphatic rings. The van der Waals surface area contributed by atoms with Gasteiger partial charge in [0.05, 0.1) is 6.61 Å². The zero-order chi connectivity index (χ0) is 14.0. The molecular formula is C14H22ClNO2. The summed E-state index contributed by atoms with van der Waals surface area (Å²) in [7, 11) is 1.86. The number of halogens is 1. The standard InChI is InChI=1S/C12H16ClNO2.C2H6/c1-10(14(2)7-8-15)9-16-12-5-3-11(13)4-6-12;1-2/h3-6,15H,1,7-9H2,2H3;1-2H3. The third-order valence-electron chi connectivity index (χ3n) is 2.19. The molecule has 0 saturated carbocycles. The fourth-order valence-electron chi connectivity index (χ4n) is 1.12. The zero-order valence-corrected chi connectivity index (χ0v) is 12.1. The van der Waals surface area contributed by atoms with Crippen LogP contribution in [0.2, 0.25) is 5.02 Å². The molecule has 0 unspecified atom stereocenters. The van der Waals surface area contributed by atoms with Crippen molar-refractivity contribution in [3.05, 3.63) is 41.6 Å². The van der Waals surface area contributed by atoms with Gasteiger partial charge < -0.3 is 14.7 Å². The summed E-state index contributed by atoms with van der Waals surface area (Å²) in [6.45, 7) is 8.94. The summed E-state index contributed by atoms with van der Waals surface area (Å²) in [6.07, 6.45) is 0. The molecule has 1 rings (SSSR count). The van der Waals surface area contributed by atoms with Crippen LogP contribution in [0.4, 0.5) is 0 Å². The molecule has 0 fully saturated rings. The van der Waals surface area contributed by atoms with Crippen molar-refractivity contribution in [3.63, 3.8) is 0 Å². The number of nitrogens with zero attached hydrogens (tertiary/aromatic N) is 1. The van der Waals surface area contributed by atoms with Gasteiger partial charge in [-0.2, -0.15) is 0 Å². The van der Waals surface area contributed by atoms with E-state index in [0.717, 1.165) is 11.4 Å². The largest absolute Gasteiger partial charge is 0.487 e. The van der Waals surface area contributed by atoms with Crippen molar-refractivity contribution >= 4 is 11.6 Å². The topological polar surface area (TPSA) is 32.7 Å². The molecule has 18 heavy (non-hydrogen) atoms. The van der Waals surface area contributed by atoms with Gasteiger partial charge in [-0.15, -0.1) is 0 Å². The van der Waals surface area contributed by atoms with Gasteiger partial charge in [-0.1, -0.05) is 32.0 Å². The summed E-state index contributed by atoms with van der Waals surface area (Å²) in [5, 5.41) is 9.45. The van der Waals surface area contributed by atoms with Crippen LogP contribution in [0.15, 0.2) is 36.5 Å². The molecule has 0 aromatic heterocycles. The third-order valence-corrected chi connectivity index (χ3v) is 2.45. The fraction of sp³-hybridized carbons (Fsp3) is 0.429. The Labute approximate surface area is 115 Å². The van der Waals surface area contributed by atoms with Crippen molar-refractivity contribution in [2.24, 2.45) is 0 Å². The minimum atomic E-state index is 0.108. The lowest BCUT2D eigenvalue weighted by Gasteiger charge is -2.20. The quantitative estimate of drug-likeness (QED) is 0.863. The lowest BCUT2D eigenvalue weighted by atomic mass is 10.3. The van der Waals surface area contributed by atoms with Crippen LogP contribution >= 0.6 is 11.6 Å². The van der Waals surface area contributed by atoms with E-state index in [1.165, 1.54) is 0 Å². The van der Waals surface area contributed by atoms with E-state index in [1.54, 1.807) is 12.1 Å². The molecule has 4 heteroatoms. The third kappa shape index (κ3) is 6.52. The molecule has 3 nitrogen and oxygen atoms in total. The minimum absolute atomic E-state index is 0.108. The maximum absolute atomic E-state index is 8.76. The molecule has 0 bridgehead atoms. The van der Waals surface area contributed by atoms with Crippen molar-refractivity contribution < 1.29 is 9.84 Å². The maximum atomic E-state index is 8.76. The number of aliphatic hydroxyl groups is 1. The second-order valence-electron chi connectivity index (χ2n) is 3.45. The van der Waals surface area contributed by atoms with E-state index in [1.807, 2.05) is 37.9 Å². The van der Waals surface area contributed by atoms with E-state index in [-0.39, 0.29) is 6.61 Å². The second-order valence-corrected chi connectivity index (χ2v) is 3.89. The maximum Gasteiger partial charge on any atom is 0.127 e. The van der Waals surface area contributed by atoms with E-state index >= 15 is 0 Å². The molecule has 1 aromatic rings. The molecule has 0 amide bonds. The van der Waals surface area contributed by atoms with Crippen LogP contribution in [0.3, 0.4) is 0 Å². The number of ether oxygens (including phenoxy) is 1. The first kappa shape index (κ1) is 16.8. The van der Waals surface area contributed by atoms with Crippen LogP contribution in [-0.4, -0.2) is 36.8 Å². The van der Waals surface area contributed by atoms with Crippen LogP contribution in [0, 0.1) is 0 Å². The average Bonchev–Trinajstić information content (AvgIpc) is 2.40. The average molecular weight is 272 g/mol. The number of benzene rings is 1. The number of likely N-dealkylation sites (N-methyl/N-ethyl adjacent to an activating group) is 1. The van der Waals surface area contributed by atoms with Gasteiger partial charge in [0, 0.05) is 24.3 Å². The van der Waals surface area contributed by atoms with E-state index in [0.29, 0.717) is 18.2 Å². The molecule has 0 aliphatic heterocycles. The predicted octanol–water partition coefficient (Wildman–Crippen LogP) is 3.18. The number of hydrogen-bond acceptors (Lipinski definition) is 3. The first-order valence-corrected chi connectivity index (χ1v) is 6.39. The summed E-state index contributed by atoms with van der Waals surface area (Å²) in [5.41, 5.74) is 0.823. The molecule has 0 radical (unpaired) electrons. The highest BCUT2D eigenvalue weighted by molar-refractivity contribution is 6.30. The van der Waals surface area contributed by atoms with Gasteiger partial charge in [0.25, 0.3) is 0 Å². The van der Waals surface area contributed by atoms with E-state index in [4.69, 9.17) is 21.4 Å². The molecule has 0 saturated heterocycles.